The van der Waals surface area contributed by atoms with Crippen LogP contribution in [0.3, 0.4) is 0 Å². The molecule has 2 aromatic heterocycles. The quantitative estimate of drug-likeness (QED) is 0.373. The summed E-state index contributed by atoms with van der Waals surface area (Å²) in [5, 5.41) is 3.14. The van der Waals surface area contributed by atoms with Crippen molar-refractivity contribution in [2.24, 2.45) is 0 Å². The van der Waals surface area contributed by atoms with Crippen LogP contribution in [0.2, 0.25) is 0 Å². The smallest absolute Gasteiger partial charge is 0.322 e. The molecule has 2 aromatic carbocycles. The summed E-state index contributed by atoms with van der Waals surface area (Å²) < 4.78 is 6.11. The van der Waals surface area contributed by atoms with Crippen LogP contribution in [0.5, 0.6) is 11.6 Å². The molecule has 4 aromatic rings. The zero-order valence-electron chi connectivity index (χ0n) is 22.1. The van der Waals surface area contributed by atoms with Gasteiger partial charge in [0, 0.05) is 43.5 Å². The molecule has 2 aliphatic heterocycles. The average molecular weight is 512 g/mol. The molecule has 0 aliphatic carbocycles. The fraction of sp³-hybridized carbons (Fsp3) is 0.379. The van der Waals surface area contributed by atoms with Gasteiger partial charge < -0.3 is 24.8 Å². The minimum absolute atomic E-state index is 0.00361. The van der Waals surface area contributed by atoms with Gasteiger partial charge in [-0.05, 0) is 68.4 Å². The zero-order valence-corrected chi connectivity index (χ0v) is 22.1. The second-order valence-electron chi connectivity index (χ2n) is 10.2. The lowest BCUT2D eigenvalue weighted by atomic mass is 10.0. The maximum atomic E-state index is 13.1. The number of carbonyl (C=O) groups excluding carboxylic acids is 1. The lowest BCUT2D eigenvalue weighted by Crippen LogP contribution is -2.49. The fourth-order valence-electron chi connectivity index (χ4n) is 5.60. The van der Waals surface area contributed by atoms with Gasteiger partial charge in [0.1, 0.15) is 23.7 Å². The maximum absolute atomic E-state index is 13.1. The number of anilines is 2. The number of fused-ring (bicyclic) bond motifs is 2. The summed E-state index contributed by atoms with van der Waals surface area (Å²) in [6.07, 6.45) is 5.20. The Morgan fingerprint density at radius 1 is 1.05 bits per heavy atom. The first-order valence-corrected chi connectivity index (χ1v) is 13.4. The molecule has 9 heteroatoms. The van der Waals surface area contributed by atoms with E-state index in [9.17, 15) is 4.79 Å². The molecule has 1 saturated heterocycles. The summed E-state index contributed by atoms with van der Waals surface area (Å²) in [4.78, 5) is 34.0. The van der Waals surface area contributed by atoms with Crippen molar-refractivity contribution in [1.29, 1.82) is 0 Å². The van der Waals surface area contributed by atoms with Crippen LogP contribution in [-0.2, 0) is 12.8 Å². The van der Waals surface area contributed by atoms with E-state index in [-0.39, 0.29) is 12.1 Å². The van der Waals surface area contributed by atoms with Crippen LogP contribution in [0.25, 0.3) is 11.0 Å². The van der Waals surface area contributed by atoms with Crippen LogP contribution in [-0.4, -0.2) is 56.5 Å². The van der Waals surface area contributed by atoms with E-state index in [1.54, 1.807) is 6.33 Å². The third-order valence-corrected chi connectivity index (χ3v) is 7.65. The number of piperidine rings is 1. The molecule has 1 fully saturated rings. The number of carbonyl (C=O) groups is 1. The van der Waals surface area contributed by atoms with Crippen molar-refractivity contribution in [3.63, 3.8) is 0 Å². The molecule has 2 aliphatic rings. The summed E-state index contributed by atoms with van der Waals surface area (Å²) in [6, 6.07) is 12.4. The maximum Gasteiger partial charge on any atom is 0.322 e. The van der Waals surface area contributed by atoms with E-state index < -0.39 is 0 Å². The van der Waals surface area contributed by atoms with Gasteiger partial charge in [-0.25, -0.2) is 19.7 Å². The summed E-state index contributed by atoms with van der Waals surface area (Å²) >= 11 is 0. The molecule has 6 rings (SSSR count). The number of aromatic amines is 1. The van der Waals surface area contributed by atoms with Crippen molar-refractivity contribution in [3.05, 3.63) is 65.2 Å². The van der Waals surface area contributed by atoms with Crippen molar-refractivity contribution in [2.45, 2.75) is 52.5 Å². The number of hydrogen-bond acceptors (Lipinski definition) is 6. The Morgan fingerprint density at radius 2 is 1.89 bits per heavy atom. The van der Waals surface area contributed by atoms with E-state index in [1.807, 2.05) is 43.0 Å². The van der Waals surface area contributed by atoms with E-state index in [4.69, 9.17) is 4.74 Å². The largest absolute Gasteiger partial charge is 0.439 e. The Labute approximate surface area is 222 Å². The summed E-state index contributed by atoms with van der Waals surface area (Å²) in [7, 11) is 0. The number of imidazole rings is 1. The number of urea groups is 1. The van der Waals surface area contributed by atoms with Gasteiger partial charge in [0.2, 0.25) is 5.88 Å². The molecule has 2 amide bonds. The van der Waals surface area contributed by atoms with Crippen LogP contribution < -0.4 is 15.0 Å². The monoisotopic (exact) mass is 511 g/mol. The van der Waals surface area contributed by atoms with Crippen molar-refractivity contribution >= 4 is 28.6 Å². The number of aryl methyl sites for hydroxylation is 3. The van der Waals surface area contributed by atoms with Gasteiger partial charge in [0.25, 0.3) is 0 Å². The third-order valence-electron chi connectivity index (χ3n) is 7.65. The van der Waals surface area contributed by atoms with Crippen molar-refractivity contribution < 1.29 is 9.53 Å². The first-order chi connectivity index (χ1) is 18.5. The molecule has 9 nitrogen and oxygen atoms in total. The lowest BCUT2D eigenvalue weighted by Gasteiger charge is -2.38. The molecule has 0 atom stereocenters. The van der Waals surface area contributed by atoms with Gasteiger partial charge in [0.15, 0.2) is 0 Å². The highest BCUT2D eigenvalue weighted by atomic mass is 16.5. The molecule has 0 radical (unpaired) electrons. The highest BCUT2D eigenvalue weighted by molar-refractivity contribution is 5.91. The van der Waals surface area contributed by atoms with Crippen molar-refractivity contribution in [2.75, 3.05) is 29.9 Å². The lowest BCUT2D eigenvalue weighted by molar-refractivity contribution is 0.177. The van der Waals surface area contributed by atoms with Crippen molar-refractivity contribution in [3.8, 4) is 11.6 Å². The van der Waals surface area contributed by atoms with E-state index in [1.165, 1.54) is 11.1 Å². The van der Waals surface area contributed by atoms with Gasteiger partial charge >= 0.3 is 6.03 Å². The van der Waals surface area contributed by atoms with Crippen LogP contribution >= 0.6 is 0 Å². The van der Waals surface area contributed by atoms with Crippen LogP contribution in [0, 0.1) is 13.8 Å². The zero-order chi connectivity index (χ0) is 26.2. The van der Waals surface area contributed by atoms with E-state index in [2.05, 4.69) is 49.2 Å². The fourth-order valence-corrected chi connectivity index (χ4v) is 5.60. The number of benzene rings is 2. The first kappa shape index (κ1) is 24.2. The molecular weight excluding hydrogens is 478 g/mol. The number of rotatable bonds is 5. The number of hydrogen-bond donors (Lipinski definition) is 2. The highest BCUT2D eigenvalue weighted by Crippen LogP contribution is 2.30. The molecule has 2 N–H and O–H groups in total. The predicted molar refractivity (Wildman–Crippen MR) is 148 cm³/mol. The van der Waals surface area contributed by atoms with Gasteiger partial charge in [-0.2, -0.15) is 0 Å². The minimum Gasteiger partial charge on any atom is -0.439 e. The minimum atomic E-state index is 0.00361. The number of nitrogens with one attached hydrogen (secondary N) is 2. The molecule has 0 saturated carbocycles. The molecule has 4 heterocycles. The van der Waals surface area contributed by atoms with Gasteiger partial charge in [0.05, 0.1) is 11.0 Å². The standard InChI is InChI=1S/C29H33N7O2/c1-4-20-5-6-24-21(14-20)7-12-36(29(37)34-24)22-8-10-35(11-9-22)26-16-27(31-17-30-26)38-23-13-18(2)28-25(15-23)32-19(3)33-28/h5-6,13-17,22H,4,7-12H2,1-3H3,(H,32,33)(H,34,37). The second-order valence-corrected chi connectivity index (χ2v) is 10.2. The Morgan fingerprint density at radius 3 is 2.71 bits per heavy atom. The Balaban J connectivity index is 1.11. The topological polar surface area (TPSA) is 99.3 Å². The molecule has 196 valence electrons. The Bertz CT molecular complexity index is 1490. The van der Waals surface area contributed by atoms with E-state index in [0.29, 0.717) is 11.6 Å². The number of nitrogens with zero attached hydrogens (tertiary/aromatic N) is 5. The van der Waals surface area contributed by atoms with E-state index in [0.717, 1.165) is 79.2 Å². The second kappa shape index (κ2) is 9.96. The Kier molecular flexibility index (Phi) is 6.35. The third kappa shape index (κ3) is 4.76. The van der Waals surface area contributed by atoms with Crippen LogP contribution in [0.15, 0.2) is 42.7 Å². The number of H-pyrrole nitrogens is 1. The van der Waals surface area contributed by atoms with Gasteiger partial charge in [-0.1, -0.05) is 19.1 Å². The summed E-state index contributed by atoms with van der Waals surface area (Å²) in [6.45, 7) is 8.50. The van der Waals surface area contributed by atoms with Gasteiger partial charge in [-0.3, -0.25) is 0 Å². The normalized spacial score (nSPS) is 16.3. The molecule has 0 spiro atoms. The Hall–Kier alpha value is -4.14. The molecular formula is C29H33N7O2. The average Bonchev–Trinajstić information content (AvgIpc) is 3.22. The summed E-state index contributed by atoms with van der Waals surface area (Å²) in [5.74, 6) is 2.92. The highest BCUT2D eigenvalue weighted by Gasteiger charge is 2.30. The molecule has 0 unspecified atom stereocenters. The number of ether oxygens (including phenoxy) is 1. The van der Waals surface area contributed by atoms with Crippen molar-refractivity contribution in [1.82, 2.24) is 24.8 Å². The van der Waals surface area contributed by atoms with Crippen LogP contribution in [0.1, 0.15) is 42.3 Å². The predicted octanol–water partition coefficient (Wildman–Crippen LogP) is 5.38. The SMILES string of the molecule is CCc1ccc2c(c1)CCN(C1CCN(c3cc(Oc4cc(C)c5nc(C)[nH]c5c4)ncn3)CC1)C(=O)N2. The molecule has 0 bridgehead atoms. The number of amides is 2. The first-order valence-electron chi connectivity index (χ1n) is 13.4. The summed E-state index contributed by atoms with van der Waals surface area (Å²) in [5.41, 5.74) is 6.42. The molecule has 38 heavy (non-hydrogen) atoms. The van der Waals surface area contributed by atoms with Gasteiger partial charge in [-0.15, -0.1) is 0 Å². The van der Waals surface area contributed by atoms with Crippen LogP contribution in [0.4, 0.5) is 16.3 Å². The van der Waals surface area contributed by atoms with E-state index >= 15 is 0 Å². The number of aromatic nitrogens is 4.